The Kier molecular flexibility index (Phi) is 4.94. The van der Waals surface area contributed by atoms with Crippen LogP contribution in [0.2, 0.25) is 5.02 Å². The van der Waals surface area contributed by atoms with Crippen molar-refractivity contribution in [3.8, 4) is 0 Å². The lowest BCUT2D eigenvalue weighted by Crippen LogP contribution is -2.13. The number of rotatable bonds is 6. The average molecular weight is 379 g/mol. The minimum absolute atomic E-state index is 0.0525. The molecular formula is C21H19ClN4O. The van der Waals surface area contributed by atoms with E-state index in [1.807, 2.05) is 54.9 Å². The van der Waals surface area contributed by atoms with Gasteiger partial charge in [-0.2, -0.15) is 5.10 Å². The van der Waals surface area contributed by atoms with Gasteiger partial charge in [0.2, 0.25) is 5.91 Å². The van der Waals surface area contributed by atoms with Crippen LogP contribution in [0.4, 0.5) is 5.82 Å². The fourth-order valence-corrected chi connectivity index (χ4v) is 3.31. The molecule has 1 amide bonds. The van der Waals surface area contributed by atoms with Crippen LogP contribution in [0, 0.1) is 0 Å². The molecule has 27 heavy (non-hydrogen) atoms. The predicted molar refractivity (Wildman–Crippen MR) is 108 cm³/mol. The summed E-state index contributed by atoms with van der Waals surface area (Å²) in [6, 6.07) is 17.5. The van der Waals surface area contributed by atoms with Gasteiger partial charge in [-0.3, -0.25) is 9.48 Å². The topological polar surface area (TPSA) is 62.7 Å². The lowest BCUT2D eigenvalue weighted by atomic mass is 10.1. The molecule has 0 fully saturated rings. The van der Waals surface area contributed by atoms with Crippen LogP contribution >= 0.6 is 11.6 Å². The van der Waals surface area contributed by atoms with Crippen LogP contribution in [0.25, 0.3) is 10.9 Å². The molecule has 0 spiro atoms. The van der Waals surface area contributed by atoms with E-state index in [0.29, 0.717) is 30.2 Å². The van der Waals surface area contributed by atoms with E-state index in [0.717, 1.165) is 22.0 Å². The summed E-state index contributed by atoms with van der Waals surface area (Å²) in [7, 11) is 0. The van der Waals surface area contributed by atoms with E-state index in [2.05, 4.69) is 21.5 Å². The number of para-hydroxylation sites is 1. The van der Waals surface area contributed by atoms with Crippen LogP contribution in [-0.4, -0.2) is 20.7 Å². The number of aromatic nitrogens is 3. The fraction of sp³-hybridized carbons (Fsp3) is 0.143. The van der Waals surface area contributed by atoms with Gasteiger partial charge in [-0.15, -0.1) is 0 Å². The van der Waals surface area contributed by atoms with Crippen LogP contribution in [0.1, 0.15) is 17.5 Å². The van der Waals surface area contributed by atoms with E-state index >= 15 is 0 Å². The lowest BCUT2D eigenvalue weighted by molar-refractivity contribution is -0.116. The second-order valence-corrected chi connectivity index (χ2v) is 6.80. The number of aryl methyl sites for hydroxylation is 1. The number of fused-ring (bicyclic) bond motifs is 1. The zero-order valence-electron chi connectivity index (χ0n) is 14.7. The SMILES string of the molecule is O=C(CCc1c[nH]c2ccccc12)Nc1ccn(Cc2ccccc2Cl)n1. The quantitative estimate of drug-likeness (QED) is 0.513. The predicted octanol–water partition coefficient (Wildman–Crippen LogP) is 4.64. The Balaban J connectivity index is 1.35. The standard InChI is InChI=1S/C21H19ClN4O/c22-18-7-3-1-5-16(18)14-26-12-11-20(25-26)24-21(27)10-9-15-13-23-19-8-4-2-6-17(15)19/h1-8,11-13,23H,9-10,14H2,(H,24,25,27). The number of H-pyrrole nitrogens is 1. The summed E-state index contributed by atoms with van der Waals surface area (Å²) < 4.78 is 1.76. The molecule has 0 radical (unpaired) electrons. The first-order valence-electron chi connectivity index (χ1n) is 8.81. The van der Waals surface area contributed by atoms with Gasteiger partial charge in [0.1, 0.15) is 0 Å². The van der Waals surface area contributed by atoms with Crippen molar-refractivity contribution in [3.63, 3.8) is 0 Å². The number of nitrogens with one attached hydrogen (secondary N) is 2. The summed E-state index contributed by atoms with van der Waals surface area (Å²) in [6.45, 7) is 0.560. The largest absolute Gasteiger partial charge is 0.361 e. The zero-order valence-corrected chi connectivity index (χ0v) is 15.4. The number of hydrogen-bond donors (Lipinski definition) is 2. The first-order chi connectivity index (χ1) is 13.2. The van der Waals surface area contributed by atoms with Crippen LogP contribution in [0.3, 0.4) is 0 Å². The molecule has 0 saturated carbocycles. The van der Waals surface area contributed by atoms with E-state index in [4.69, 9.17) is 11.6 Å². The molecule has 4 aromatic rings. The summed E-state index contributed by atoms with van der Waals surface area (Å²) >= 11 is 6.18. The highest BCUT2D eigenvalue weighted by Crippen LogP contribution is 2.19. The summed E-state index contributed by atoms with van der Waals surface area (Å²) in [6.07, 6.45) is 4.88. The smallest absolute Gasteiger partial charge is 0.225 e. The van der Waals surface area contributed by atoms with Gasteiger partial charge >= 0.3 is 0 Å². The van der Waals surface area contributed by atoms with E-state index in [9.17, 15) is 4.79 Å². The van der Waals surface area contributed by atoms with Gasteiger partial charge in [-0.05, 0) is 29.7 Å². The molecule has 5 nitrogen and oxygen atoms in total. The lowest BCUT2D eigenvalue weighted by Gasteiger charge is -2.04. The van der Waals surface area contributed by atoms with Crippen LogP contribution < -0.4 is 5.32 Å². The Labute approximate surface area is 162 Å². The molecule has 2 aromatic carbocycles. The Hall–Kier alpha value is -3.05. The number of halogens is 1. The van der Waals surface area contributed by atoms with Crippen molar-refractivity contribution < 1.29 is 4.79 Å². The maximum Gasteiger partial charge on any atom is 0.225 e. The molecule has 0 atom stereocenters. The van der Waals surface area contributed by atoms with Crippen molar-refractivity contribution in [1.82, 2.24) is 14.8 Å². The highest BCUT2D eigenvalue weighted by Gasteiger charge is 2.09. The maximum absolute atomic E-state index is 12.3. The first-order valence-corrected chi connectivity index (χ1v) is 9.18. The van der Waals surface area contributed by atoms with E-state index in [1.165, 1.54) is 0 Å². The van der Waals surface area contributed by atoms with Gasteiger partial charge in [0.25, 0.3) is 0 Å². The number of hydrogen-bond acceptors (Lipinski definition) is 2. The molecule has 6 heteroatoms. The molecular weight excluding hydrogens is 360 g/mol. The highest BCUT2D eigenvalue weighted by atomic mass is 35.5. The highest BCUT2D eigenvalue weighted by molar-refractivity contribution is 6.31. The minimum atomic E-state index is -0.0525. The second kappa shape index (κ2) is 7.68. The number of carbonyl (C=O) groups excluding carboxylic acids is 1. The summed E-state index contributed by atoms with van der Waals surface area (Å²) in [4.78, 5) is 15.5. The van der Waals surface area contributed by atoms with Crippen molar-refractivity contribution in [2.75, 3.05) is 5.32 Å². The van der Waals surface area contributed by atoms with Crippen LogP contribution in [0.5, 0.6) is 0 Å². The summed E-state index contributed by atoms with van der Waals surface area (Å²) in [5.41, 5.74) is 3.22. The van der Waals surface area contributed by atoms with E-state index in [-0.39, 0.29) is 5.91 Å². The minimum Gasteiger partial charge on any atom is -0.361 e. The number of nitrogens with zero attached hydrogens (tertiary/aromatic N) is 2. The van der Waals surface area contributed by atoms with Crippen molar-refractivity contribution >= 4 is 34.2 Å². The van der Waals surface area contributed by atoms with E-state index in [1.54, 1.807) is 10.7 Å². The maximum atomic E-state index is 12.3. The molecule has 2 N–H and O–H groups in total. The molecule has 0 bridgehead atoms. The van der Waals surface area contributed by atoms with Gasteiger partial charge in [0, 0.05) is 40.8 Å². The fourth-order valence-electron chi connectivity index (χ4n) is 3.11. The van der Waals surface area contributed by atoms with Gasteiger partial charge in [0.15, 0.2) is 5.82 Å². The number of carbonyl (C=O) groups is 1. The number of aromatic amines is 1. The number of benzene rings is 2. The van der Waals surface area contributed by atoms with Gasteiger partial charge in [-0.1, -0.05) is 48.0 Å². The third-order valence-electron chi connectivity index (χ3n) is 4.49. The Morgan fingerprint density at radius 3 is 2.78 bits per heavy atom. The Morgan fingerprint density at radius 2 is 1.89 bits per heavy atom. The van der Waals surface area contributed by atoms with Gasteiger partial charge in [-0.25, -0.2) is 0 Å². The monoisotopic (exact) mass is 378 g/mol. The molecule has 2 heterocycles. The van der Waals surface area contributed by atoms with Gasteiger partial charge in [0.05, 0.1) is 6.54 Å². The molecule has 2 aromatic heterocycles. The number of amides is 1. The molecule has 0 aliphatic rings. The molecule has 0 saturated heterocycles. The molecule has 0 aliphatic heterocycles. The zero-order chi connectivity index (χ0) is 18.6. The number of anilines is 1. The van der Waals surface area contributed by atoms with Gasteiger partial charge < -0.3 is 10.3 Å². The molecule has 0 aliphatic carbocycles. The Bertz CT molecular complexity index is 1080. The molecule has 4 rings (SSSR count). The molecule has 136 valence electrons. The normalized spacial score (nSPS) is 11.0. The van der Waals surface area contributed by atoms with Crippen molar-refractivity contribution in [1.29, 1.82) is 0 Å². The third kappa shape index (κ3) is 4.04. The average Bonchev–Trinajstić information content (AvgIpc) is 3.29. The van der Waals surface area contributed by atoms with E-state index < -0.39 is 0 Å². The Morgan fingerprint density at radius 1 is 1.07 bits per heavy atom. The first kappa shape index (κ1) is 17.4. The van der Waals surface area contributed by atoms with Crippen molar-refractivity contribution in [2.45, 2.75) is 19.4 Å². The third-order valence-corrected chi connectivity index (χ3v) is 4.86. The van der Waals surface area contributed by atoms with Crippen molar-refractivity contribution in [3.05, 3.63) is 83.1 Å². The second-order valence-electron chi connectivity index (χ2n) is 6.40. The van der Waals surface area contributed by atoms with Crippen LogP contribution in [-0.2, 0) is 17.8 Å². The summed E-state index contributed by atoms with van der Waals surface area (Å²) in [5.74, 6) is 0.495. The van der Waals surface area contributed by atoms with Crippen molar-refractivity contribution in [2.24, 2.45) is 0 Å². The van der Waals surface area contributed by atoms with Crippen LogP contribution in [0.15, 0.2) is 67.0 Å². The molecule has 0 unspecified atom stereocenters. The summed E-state index contributed by atoms with van der Waals surface area (Å²) in [5, 5.41) is 9.13.